The van der Waals surface area contributed by atoms with Crippen molar-refractivity contribution < 1.29 is 18.9 Å². The smallest absolute Gasteiger partial charge is 0.403 e. The van der Waals surface area contributed by atoms with Crippen molar-refractivity contribution in [2.45, 2.75) is 0 Å². The molecule has 4 nitrogen and oxygen atoms in total. The first-order valence-corrected chi connectivity index (χ1v) is 5.79. The molecule has 0 aliphatic heterocycles. The van der Waals surface area contributed by atoms with Gasteiger partial charge in [0.25, 0.3) is 0 Å². The zero-order valence-corrected chi connectivity index (χ0v) is 9.38. The molecule has 0 atom stereocenters. The van der Waals surface area contributed by atoms with Gasteiger partial charge < -0.3 is 4.52 Å². The molecule has 0 heterocycles. The zero-order chi connectivity index (χ0) is 10.1. The molecular weight excluding hydrogens is 282 g/mol. The molecule has 1 aromatic carbocycles. The van der Waals surface area contributed by atoms with Crippen LogP contribution in [0.15, 0.2) is 22.7 Å². The lowest BCUT2D eigenvalue weighted by Gasteiger charge is -2.08. The lowest BCUT2D eigenvalue weighted by Crippen LogP contribution is -1.90. The molecule has 72 valence electrons. The van der Waals surface area contributed by atoms with Gasteiger partial charge in [0.15, 0.2) is 5.75 Å². The number of hydrogen-bond donors (Lipinski definition) is 2. The molecule has 2 N–H and O–H groups in total. The first-order valence-electron chi connectivity index (χ1n) is 3.09. The fraction of sp³-hybridized carbons (Fsp3) is 0. The largest absolute Gasteiger partial charge is 0.524 e. The van der Waals surface area contributed by atoms with E-state index in [9.17, 15) is 4.57 Å². The fourth-order valence-electron chi connectivity index (χ4n) is 0.683. The molecule has 0 spiro atoms. The summed E-state index contributed by atoms with van der Waals surface area (Å²) in [5.41, 5.74) is 0. The van der Waals surface area contributed by atoms with E-state index in [2.05, 4.69) is 20.5 Å². The van der Waals surface area contributed by atoms with Gasteiger partial charge in [-0.15, -0.1) is 0 Å². The van der Waals surface area contributed by atoms with Gasteiger partial charge in [-0.1, -0.05) is 17.7 Å². The molecule has 0 saturated carbocycles. The molecule has 0 aliphatic carbocycles. The average Bonchev–Trinajstić information content (AvgIpc) is 1.96. The van der Waals surface area contributed by atoms with E-state index in [1.54, 1.807) is 12.1 Å². The van der Waals surface area contributed by atoms with Crippen molar-refractivity contribution in [3.05, 3.63) is 27.7 Å². The molecule has 0 aromatic heterocycles. The van der Waals surface area contributed by atoms with Crippen LogP contribution in [0.4, 0.5) is 0 Å². The highest BCUT2D eigenvalue weighted by Crippen LogP contribution is 2.42. The summed E-state index contributed by atoms with van der Waals surface area (Å²) in [5.74, 6) is -0.0515. The van der Waals surface area contributed by atoms with Crippen LogP contribution in [0.1, 0.15) is 0 Å². The predicted molar refractivity (Wildman–Crippen MR) is 51.8 cm³/mol. The lowest BCUT2D eigenvalue weighted by molar-refractivity contribution is 0.283. The molecule has 0 fully saturated rings. The highest BCUT2D eigenvalue weighted by molar-refractivity contribution is 9.10. The molecule has 0 saturated heterocycles. The van der Waals surface area contributed by atoms with E-state index in [0.29, 0.717) is 4.47 Å². The molecule has 1 aromatic rings. The van der Waals surface area contributed by atoms with E-state index in [0.717, 1.165) is 0 Å². The second-order valence-electron chi connectivity index (χ2n) is 2.13. The second-order valence-corrected chi connectivity index (χ2v) is 4.53. The molecular formula is C6H5BrClO4P. The van der Waals surface area contributed by atoms with E-state index in [1.807, 2.05) is 0 Å². The highest BCUT2D eigenvalue weighted by atomic mass is 79.9. The van der Waals surface area contributed by atoms with Crippen LogP contribution in [-0.4, -0.2) is 9.79 Å². The van der Waals surface area contributed by atoms with Gasteiger partial charge in [0.05, 0.1) is 5.02 Å². The quantitative estimate of drug-likeness (QED) is 0.820. The van der Waals surface area contributed by atoms with E-state index < -0.39 is 7.82 Å². The van der Waals surface area contributed by atoms with Crippen LogP contribution < -0.4 is 4.52 Å². The summed E-state index contributed by atoms with van der Waals surface area (Å²) in [7, 11) is -4.54. The standard InChI is InChI=1S/C6H5BrClO4P/c7-4-2-1-3-5(6(4)8)12-13(9,10)11/h1-3H,(H2,9,10,11). The minimum atomic E-state index is -4.54. The Labute approximate surface area is 87.9 Å². The van der Waals surface area contributed by atoms with E-state index in [4.69, 9.17) is 21.4 Å². The maximum absolute atomic E-state index is 10.5. The van der Waals surface area contributed by atoms with Gasteiger partial charge in [-0.3, -0.25) is 9.79 Å². The summed E-state index contributed by atoms with van der Waals surface area (Å²) in [6, 6.07) is 4.56. The van der Waals surface area contributed by atoms with Gasteiger partial charge in [-0.05, 0) is 28.1 Å². The Bertz CT molecular complexity index is 364. The van der Waals surface area contributed by atoms with Crippen LogP contribution in [-0.2, 0) is 4.57 Å². The van der Waals surface area contributed by atoms with E-state index in [1.165, 1.54) is 6.07 Å². The Morgan fingerprint density at radius 1 is 1.46 bits per heavy atom. The molecule has 0 unspecified atom stereocenters. The minimum Gasteiger partial charge on any atom is -0.403 e. The topological polar surface area (TPSA) is 66.8 Å². The number of phosphoric acid groups is 1. The molecule has 0 amide bonds. The number of rotatable bonds is 2. The van der Waals surface area contributed by atoms with Gasteiger partial charge in [-0.25, -0.2) is 4.57 Å². The van der Waals surface area contributed by atoms with Gasteiger partial charge in [0, 0.05) is 4.47 Å². The Balaban J connectivity index is 3.03. The summed E-state index contributed by atoms with van der Waals surface area (Å²) >= 11 is 8.77. The van der Waals surface area contributed by atoms with Crippen LogP contribution in [0.3, 0.4) is 0 Å². The van der Waals surface area contributed by atoms with Crippen molar-refractivity contribution in [3.8, 4) is 5.75 Å². The van der Waals surface area contributed by atoms with Crippen molar-refractivity contribution >= 4 is 35.4 Å². The van der Waals surface area contributed by atoms with Gasteiger partial charge in [0.1, 0.15) is 0 Å². The number of hydrogen-bond acceptors (Lipinski definition) is 2. The second kappa shape index (κ2) is 3.98. The van der Waals surface area contributed by atoms with E-state index in [-0.39, 0.29) is 10.8 Å². The zero-order valence-electron chi connectivity index (χ0n) is 6.15. The maximum Gasteiger partial charge on any atom is 0.524 e. The first-order chi connectivity index (χ1) is 5.90. The molecule has 0 radical (unpaired) electrons. The fourth-order valence-corrected chi connectivity index (χ4v) is 1.66. The summed E-state index contributed by atoms with van der Waals surface area (Å²) in [6.07, 6.45) is 0. The van der Waals surface area contributed by atoms with Crippen LogP contribution >= 0.6 is 35.4 Å². The van der Waals surface area contributed by atoms with Crippen molar-refractivity contribution in [2.24, 2.45) is 0 Å². The number of halogens is 2. The third kappa shape index (κ3) is 3.29. The van der Waals surface area contributed by atoms with Crippen LogP contribution in [0, 0.1) is 0 Å². The minimum absolute atomic E-state index is 0.0515. The molecule has 1 rings (SSSR count). The summed E-state index contributed by atoms with van der Waals surface area (Å²) in [5, 5.41) is 0.130. The Hall–Kier alpha value is -0.0600. The van der Waals surface area contributed by atoms with Gasteiger partial charge in [-0.2, -0.15) is 0 Å². The van der Waals surface area contributed by atoms with Crippen LogP contribution in [0.25, 0.3) is 0 Å². The number of benzene rings is 1. The van der Waals surface area contributed by atoms with Crippen LogP contribution in [0.5, 0.6) is 5.75 Å². The highest BCUT2D eigenvalue weighted by Gasteiger charge is 2.18. The van der Waals surface area contributed by atoms with Crippen molar-refractivity contribution in [3.63, 3.8) is 0 Å². The third-order valence-corrected chi connectivity index (χ3v) is 2.85. The first kappa shape index (κ1) is 11.0. The normalized spacial score (nSPS) is 11.4. The predicted octanol–water partition coefficient (Wildman–Crippen LogP) is 2.57. The SMILES string of the molecule is O=P(O)(O)Oc1cccc(Br)c1Cl. The summed E-state index contributed by atoms with van der Waals surface area (Å²) < 4.78 is 15.3. The van der Waals surface area contributed by atoms with Crippen molar-refractivity contribution in [1.29, 1.82) is 0 Å². The Kier molecular flexibility index (Phi) is 3.38. The Morgan fingerprint density at radius 3 is 2.62 bits per heavy atom. The van der Waals surface area contributed by atoms with Crippen molar-refractivity contribution in [1.82, 2.24) is 0 Å². The lowest BCUT2D eigenvalue weighted by atomic mass is 10.3. The molecule has 0 bridgehead atoms. The maximum atomic E-state index is 10.5. The summed E-state index contributed by atoms with van der Waals surface area (Å²) in [6.45, 7) is 0. The number of phosphoric ester groups is 1. The molecule has 13 heavy (non-hydrogen) atoms. The Morgan fingerprint density at radius 2 is 2.08 bits per heavy atom. The monoisotopic (exact) mass is 286 g/mol. The van der Waals surface area contributed by atoms with Gasteiger partial charge >= 0.3 is 7.82 Å². The third-order valence-electron chi connectivity index (χ3n) is 1.13. The van der Waals surface area contributed by atoms with Crippen LogP contribution in [0.2, 0.25) is 5.02 Å². The molecule has 7 heteroatoms. The summed E-state index contributed by atoms with van der Waals surface area (Å²) in [4.78, 5) is 17.0. The van der Waals surface area contributed by atoms with Crippen molar-refractivity contribution in [2.75, 3.05) is 0 Å². The van der Waals surface area contributed by atoms with Gasteiger partial charge in [0.2, 0.25) is 0 Å². The van der Waals surface area contributed by atoms with E-state index >= 15 is 0 Å². The average molecular weight is 287 g/mol. The molecule has 0 aliphatic rings.